The first kappa shape index (κ1) is 24.7. The summed E-state index contributed by atoms with van der Waals surface area (Å²) < 4.78 is 62.8. The predicted octanol–water partition coefficient (Wildman–Crippen LogP) is 6.19. The van der Waals surface area contributed by atoms with Crippen LogP contribution in [0, 0.1) is 23.3 Å². The van der Waals surface area contributed by atoms with Gasteiger partial charge in [0, 0.05) is 30.4 Å². The van der Waals surface area contributed by atoms with Crippen molar-refractivity contribution in [2.45, 2.75) is 13.5 Å². The average molecular weight is 496 g/mol. The molecule has 0 aliphatic heterocycles. The predicted molar refractivity (Wildman–Crippen MR) is 126 cm³/mol. The Labute approximate surface area is 203 Å². The van der Waals surface area contributed by atoms with Gasteiger partial charge in [-0.2, -0.15) is 0 Å². The van der Waals surface area contributed by atoms with Crippen LogP contribution in [0.1, 0.15) is 33.3 Å². The van der Waals surface area contributed by atoms with Gasteiger partial charge in [-0.05, 0) is 30.2 Å². The van der Waals surface area contributed by atoms with Crippen LogP contribution in [0.3, 0.4) is 0 Å². The molecular formula is C27H20F4N2O3. The van der Waals surface area contributed by atoms with E-state index in [2.05, 4.69) is 5.32 Å². The minimum absolute atomic E-state index is 0.0131. The van der Waals surface area contributed by atoms with Crippen molar-refractivity contribution in [3.8, 4) is 11.1 Å². The first-order chi connectivity index (χ1) is 17.3. The fourth-order valence-corrected chi connectivity index (χ4v) is 3.82. The van der Waals surface area contributed by atoms with Crippen molar-refractivity contribution >= 4 is 17.6 Å². The van der Waals surface area contributed by atoms with E-state index in [0.29, 0.717) is 17.7 Å². The summed E-state index contributed by atoms with van der Waals surface area (Å²) in [7, 11) is 0. The molecule has 0 spiro atoms. The zero-order valence-corrected chi connectivity index (χ0v) is 19.0. The van der Waals surface area contributed by atoms with Gasteiger partial charge >= 0.3 is 5.97 Å². The Kier molecular flexibility index (Phi) is 7.19. The van der Waals surface area contributed by atoms with E-state index in [1.165, 1.54) is 29.0 Å². The van der Waals surface area contributed by atoms with Crippen molar-refractivity contribution in [2.75, 3.05) is 11.9 Å². The standard InChI is InChI=1S/C27H20F4N2O3/c1-2-36-27(35)25-24(32-26(34)23-21(30)12-19(29)13-22(23)31)20(17-9-6-10-18(28)11-17)15-33(25)14-16-7-4-3-5-8-16/h3-13,15H,2,14H2,1H3,(H,32,34). The number of benzene rings is 3. The van der Waals surface area contributed by atoms with E-state index in [4.69, 9.17) is 4.74 Å². The Morgan fingerprint density at radius 3 is 2.22 bits per heavy atom. The van der Waals surface area contributed by atoms with Gasteiger partial charge < -0.3 is 14.6 Å². The Balaban J connectivity index is 1.90. The minimum atomic E-state index is -1.42. The maximum absolute atomic E-state index is 14.3. The third-order valence-electron chi connectivity index (χ3n) is 5.35. The van der Waals surface area contributed by atoms with E-state index < -0.39 is 40.7 Å². The molecule has 36 heavy (non-hydrogen) atoms. The number of carbonyl (C=O) groups is 2. The van der Waals surface area contributed by atoms with Gasteiger partial charge in [-0.1, -0.05) is 42.5 Å². The molecule has 0 saturated heterocycles. The van der Waals surface area contributed by atoms with Crippen LogP contribution < -0.4 is 5.32 Å². The Morgan fingerprint density at radius 1 is 0.889 bits per heavy atom. The molecule has 0 aliphatic carbocycles. The fraction of sp³-hybridized carbons (Fsp3) is 0.111. The summed E-state index contributed by atoms with van der Waals surface area (Å²) in [6, 6.07) is 15.2. The van der Waals surface area contributed by atoms with Crippen LogP contribution in [0.5, 0.6) is 0 Å². The zero-order chi connectivity index (χ0) is 25.8. The number of ether oxygens (including phenoxy) is 1. The maximum atomic E-state index is 14.3. The Morgan fingerprint density at radius 2 is 1.58 bits per heavy atom. The van der Waals surface area contributed by atoms with Gasteiger partial charge in [0.05, 0.1) is 12.3 Å². The second-order valence-electron chi connectivity index (χ2n) is 7.81. The van der Waals surface area contributed by atoms with Crippen molar-refractivity contribution < 1.29 is 31.9 Å². The molecule has 1 aromatic heterocycles. The number of halogens is 4. The van der Waals surface area contributed by atoms with E-state index in [0.717, 1.165) is 5.56 Å². The van der Waals surface area contributed by atoms with Gasteiger partial charge in [-0.15, -0.1) is 0 Å². The molecule has 0 saturated carbocycles. The van der Waals surface area contributed by atoms with Gasteiger partial charge in [0.25, 0.3) is 5.91 Å². The van der Waals surface area contributed by atoms with E-state index in [9.17, 15) is 27.2 Å². The smallest absolute Gasteiger partial charge is 0.357 e. The van der Waals surface area contributed by atoms with Crippen molar-refractivity contribution in [3.63, 3.8) is 0 Å². The van der Waals surface area contributed by atoms with Gasteiger partial charge in [0.2, 0.25) is 0 Å². The molecule has 0 fully saturated rings. The Bertz CT molecular complexity index is 1410. The van der Waals surface area contributed by atoms with E-state index in [1.54, 1.807) is 25.1 Å². The third kappa shape index (κ3) is 5.14. The van der Waals surface area contributed by atoms with Crippen LogP contribution in [-0.4, -0.2) is 23.1 Å². The average Bonchev–Trinajstić information content (AvgIpc) is 3.16. The van der Waals surface area contributed by atoms with Crippen LogP contribution >= 0.6 is 0 Å². The number of nitrogens with zero attached hydrogens (tertiary/aromatic N) is 1. The van der Waals surface area contributed by atoms with Gasteiger partial charge in [-0.25, -0.2) is 22.4 Å². The molecule has 0 aliphatic rings. The first-order valence-electron chi connectivity index (χ1n) is 10.9. The minimum Gasteiger partial charge on any atom is -0.461 e. The molecule has 4 aromatic rings. The quantitative estimate of drug-likeness (QED) is 0.245. The van der Waals surface area contributed by atoms with Gasteiger partial charge in [0.1, 0.15) is 28.8 Å². The monoisotopic (exact) mass is 496 g/mol. The molecule has 1 amide bonds. The van der Waals surface area contributed by atoms with Gasteiger partial charge in [-0.3, -0.25) is 4.79 Å². The number of nitrogens with one attached hydrogen (secondary N) is 1. The van der Waals surface area contributed by atoms with Crippen molar-refractivity contribution in [3.05, 3.63) is 113 Å². The molecule has 4 rings (SSSR count). The highest BCUT2D eigenvalue weighted by atomic mass is 19.1. The summed E-state index contributed by atoms with van der Waals surface area (Å²) in [5.41, 5.74) is 0.0244. The molecule has 0 atom stereocenters. The lowest BCUT2D eigenvalue weighted by molar-refractivity contribution is 0.0515. The Hall–Kier alpha value is -4.40. The second kappa shape index (κ2) is 10.5. The molecule has 1 heterocycles. The summed E-state index contributed by atoms with van der Waals surface area (Å²) in [6.45, 7) is 1.78. The molecule has 1 N–H and O–H groups in total. The van der Waals surface area contributed by atoms with Gasteiger partial charge in [0.15, 0.2) is 5.69 Å². The molecular weight excluding hydrogens is 476 g/mol. The number of esters is 1. The summed E-state index contributed by atoms with van der Waals surface area (Å²) in [6.07, 6.45) is 1.51. The number of hydrogen-bond donors (Lipinski definition) is 1. The summed E-state index contributed by atoms with van der Waals surface area (Å²) in [4.78, 5) is 26.0. The molecule has 184 valence electrons. The molecule has 5 nitrogen and oxygen atoms in total. The first-order valence-corrected chi connectivity index (χ1v) is 10.9. The topological polar surface area (TPSA) is 60.3 Å². The molecule has 0 radical (unpaired) electrons. The van der Waals surface area contributed by atoms with E-state index >= 15 is 0 Å². The largest absolute Gasteiger partial charge is 0.461 e. The van der Waals surface area contributed by atoms with Crippen LogP contribution in [-0.2, 0) is 11.3 Å². The highest BCUT2D eigenvalue weighted by Crippen LogP contribution is 2.35. The van der Waals surface area contributed by atoms with Crippen molar-refractivity contribution in [2.24, 2.45) is 0 Å². The molecule has 9 heteroatoms. The zero-order valence-electron chi connectivity index (χ0n) is 19.0. The van der Waals surface area contributed by atoms with Crippen LogP contribution in [0.25, 0.3) is 11.1 Å². The third-order valence-corrected chi connectivity index (χ3v) is 5.35. The van der Waals surface area contributed by atoms with E-state index in [-0.39, 0.29) is 30.1 Å². The normalized spacial score (nSPS) is 10.8. The highest BCUT2D eigenvalue weighted by Gasteiger charge is 2.28. The molecule has 0 bridgehead atoms. The molecule has 3 aromatic carbocycles. The number of rotatable bonds is 7. The van der Waals surface area contributed by atoms with Crippen LogP contribution in [0.4, 0.5) is 23.2 Å². The number of anilines is 1. The SMILES string of the molecule is CCOC(=O)c1c(NC(=O)c2c(F)cc(F)cc2F)c(-c2cccc(F)c2)cn1Cc1ccccc1. The fourth-order valence-electron chi connectivity index (χ4n) is 3.82. The number of carbonyl (C=O) groups excluding carboxylic acids is 2. The number of aromatic nitrogens is 1. The van der Waals surface area contributed by atoms with Crippen molar-refractivity contribution in [1.29, 1.82) is 0 Å². The molecule has 0 unspecified atom stereocenters. The van der Waals surface area contributed by atoms with Crippen LogP contribution in [0.2, 0.25) is 0 Å². The maximum Gasteiger partial charge on any atom is 0.357 e. The summed E-state index contributed by atoms with van der Waals surface area (Å²) in [5.74, 6) is -6.67. The highest BCUT2D eigenvalue weighted by molar-refractivity contribution is 6.11. The second-order valence-corrected chi connectivity index (χ2v) is 7.81. The van der Waals surface area contributed by atoms with E-state index in [1.807, 2.05) is 18.2 Å². The lowest BCUT2D eigenvalue weighted by atomic mass is 10.1. The lowest BCUT2D eigenvalue weighted by Gasteiger charge is -2.13. The number of amides is 1. The lowest BCUT2D eigenvalue weighted by Crippen LogP contribution is -2.20. The van der Waals surface area contributed by atoms with Crippen molar-refractivity contribution in [1.82, 2.24) is 4.57 Å². The summed E-state index contributed by atoms with van der Waals surface area (Å²) in [5, 5.41) is 2.37. The van der Waals surface area contributed by atoms with Crippen LogP contribution in [0.15, 0.2) is 72.9 Å². The number of hydrogen-bond acceptors (Lipinski definition) is 3. The summed E-state index contributed by atoms with van der Waals surface area (Å²) >= 11 is 0.